The van der Waals surface area contributed by atoms with Crippen molar-refractivity contribution in [2.75, 3.05) is 0 Å². The molecule has 0 radical (unpaired) electrons. The molecular weight excluding hydrogens is 297 g/mol. The Morgan fingerprint density at radius 1 is 1.29 bits per heavy atom. The number of hydrogen-bond donors (Lipinski definition) is 1. The fourth-order valence-electron chi connectivity index (χ4n) is 1.63. The molecule has 5 heteroatoms. The largest absolute Gasteiger partial charge is 0.414 e. The monoisotopic (exact) mass is 310 g/mol. The Hall–Kier alpha value is -0.550. The number of aliphatic hydroxyl groups is 1. The van der Waals surface area contributed by atoms with Crippen LogP contribution in [-0.2, 0) is 5.41 Å². The third-order valence-corrected chi connectivity index (χ3v) is 3.18. The molecule has 96 valence electrons. The standard InChI is InChI=1S/C12H14BrF3O/c1-11(2,7-10(17)12(14,15)16)8-4-3-5-9(13)6-8/h3-6,10,17H,7H2,1-2H3. The molecule has 0 spiro atoms. The molecule has 1 aromatic rings. The maximum atomic E-state index is 12.3. The van der Waals surface area contributed by atoms with Gasteiger partial charge in [-0.05, 0) is 29.5 Å². The van der Waals surface area contributed by atoms with E-state index in [-0.39, 0.29) is 6.42 Å². The van der Waals surface area contributed by atoms with Gasteiger partial charge >= 0.3 is 6.18 Å². The van der Waals surface area contributed by atoms with Crippen LogP contribution in [0.1, 0.15) is 25.8 Å². The van der Waals surface area contributed by atoms with Crippen LogP contribution in [0.15, 0.2) is 28.7 Å². The molecule has 0 amide bonds. The molecule has 1 unspecified atom stereocenters. The summed E-state index contributed by atoms with van der Waals surface area (Å²) in [6.07, 6.45) is -7.22. The lowest BCUT2D eigenvalue weighted by Gasteiger charge is -2.29. The van der Waals surface area contributed by atoms with Crippen LogP contribution in [0, 0.1) is 0 Å². The minimum Gasteiger partial charge on any atom is -0.384 e. The zero-order valence-electron chi connectivity index (χ0n) is 9.55. The Bertz CT molecular complexity index is 388. The molecule has 1 atom stereocenters. The first-order valence-electron chi connectivity index (χ1n) is 5.14. The Labute approximate surface area is 107 Å². The zero-order valence-corrected chi connectivity index (χ0v) is 11.1. The smallest absolute Gasteiger partial charge is 0.384 e. The van der Waals surface area contributed by atoms with Gasteiger partial charge < -0.3 is 5.11 Å². The van der Waals surface area contributed by atoms with Crippen molar-refractivity contribution in [1.29, 1.82) is 0 Å². The fourth-order valence-corrected chi connectivity index (χ4v) is 2.03. The summed E-state index contributed by atoms with van der Waals surface area (Å²) in [5, 5.41) is 9.12. The van der Waals surface area contributed by atoms with E-state index in [1.165, 1.54) is 0 Å². The first-order chi connectivity index (χ1) is 7.63. The topological polar surface area (TPSA) is 20.2 Å². The maximum absolute atomic E-state index is 12.3. The summed E-state index contributed by atoms with van der Waals surface area (Å²) in [5.74, 6) is 0. The Morgan fingerprint density at radius 2 is 1.88 bits per heavy atom. The van der Waals surface area contributed by atoms with Gasteiger partial charge in [-0.25, -0.2) is 0 Å². The van der Waals surface area contributed by atoms with Gasteiger partial charge in [0.15, 0.2) is 6.10 Å². The van der Waals surface area contributed by atoms with Gasteiger partial charge in [-0.2, -0.15) is 13.2 Å². The van der Waals surface area contributed by atoms with Gasteiger partial charge in [0.2, 0.25) is 0 Å². The van der Waals surface area contributed by atoms with Crippen LogP contribution in [0.3, 0.4) is 0 Å². The fraction of sp³-hybridized carbons (Fsp3) is 0.500. The SMILES string of the molecule is CC(C)(CC(O)C(F)(F)F)c1cccc(Br)c1. The van der Waals surface area contributed by atoms with Crippen LogP contribution in [-0.4, -0.2) is 17.4 Å². The van der Waals surface area contributed by atoms with Crippen LogP contribution in [0.5, 0.6) is 0 Å². The summed E-state index contributed by atoms with van der Waals surface area (Å²) in [5.41, 5.74) is 0.0220. The summed E-state index contributed by atoms with van der Waals surface area (Å²) in [6, 6.07) is 7.10. The first kappa shape index (κ1) is 14.5. The Kier molecular flexibility index (Phi) is 4.25. The van der Waals surface area contributed by atoms with Gasteiger partial charge in [0.05, 0.1) is 0 Å². The minimum absolute atomic E-state index is 0.354. The quantitative estimate of drug-likeness (QED) is 0.893. The summed E-state index contributed by atoms with van der Waals surface area (Å²) in [4.78, 5) is 0. The molecule has 0 saturated heterocycles. The van der Waals surface area contributed by atoms with Crippen molar-refractivity contribution in [3.05, 3.63) is 34.3 Å². The predicted octanol–water partition coefficient (Wildman–Crippen LogP) is 4.04. The second-order valence-electron chi connectivity index (χ2n) is 4.66. The highest BCUT2D eigenvalue weighted by Gasteiger charge is 2.41. The average molecular weight is 311 g/mol. The number of halogens is 4. The predicted molar refractivity (Wildman–Crippen MR) is 63.8 cm³/mol. The van der Waals surface area contributed by atoms with Crippen molar-refractivity contribution in [3.63, 3.8) is 0 Å². The van der Waals surface area contributed by atoms with Gasteiger partial charge in [-0.15, -0.1) is 0 Å². The number of rotatable bonds is 3. The lowest BCUT2D eigenvalue weighted by atomic mass is 9.79. The van der Waals surface area contributed by atoms with Crippen LogP contribution < -0.4 is 0 Å². The van der Waals surface area contributed by atoms with Crippen LogP contribution in [0.2, 0.25) is 0 Å². The van der Waals surface area contributed by atoms with Gasteiger partial charge in [0.1, 0.15) is 0 Å². The third-order valence-electron chi connectivity index (χ3n) is 2.69. The molecule has 0 fully saturated rings. The van der Waals surface area contributed by atoms with E-state index in [0.717, 1.165) is 10.0 Å². The van der Waals surface area contributed by atoms with Crippen molar-refractivity contribution < 1.29 is 18.3 Å². The first-order valence-corrected chi connectivity index (χ1v) is 5.93. The molecule has 0 aliphatic rings. The second-order valence-corrected chi connectivity index (χ2v) is 5.57. The highest BCUT2D eigenvalue weighted by atomic mass is 79.9. The summed E-state index contributed by atoms with van der Waals surface area (Å²) < 4.78 is 37.8. The molecule has 0 aromatic heterocycles. The van der Waals surface area contributed by atoms with E-state index < -0.39 is 17.7 Å². The minimum atomic E-state index is -4.57. The Balaban J connectivity index is 2.89. The van der Waals surface area contributed by atoms with E-state index in [2.05, 4.69) is 15.9 Å². The molecule has 1 rings (SSSR count). The van der Waals surface area contributed by atoms with Crippen LogP contribution in [0.4, 0.5) is 13.2 Å². The molecule has 0 aliphatic carbocycles. The molecule has 1 aromatic carbocycles. The van der Waals surface area contributed by atoms with E-state index in [4.69, 9.17) is 5.11 Å². The normalized spacial score (nSPS) is 14.8. The molecule has 0 bridgehead atoms. The number of hydrogen-bond acceptors (Lipinski definition) is 1. The third kappa shape index (κ3) is 4.00. The Morgan fingerprint density at radius 3 is 2.35 bits per heavy atom. The molecular formula is C12H14BrF3O. The van der Waals surface area contributed by atoms with Gasteiger partial charge in [-0.1, -0.05) is 41.9 Å². The number of alkyl halides is 3. The van der Waals surface area contributed by atoms with E-state index in [1.54, 1.807) is 38.1 Å². The van der Waals surface area contributed by atoms with Crippen molar-refractivity contribution in [1.82, 2.24) is 0 Å². The van der Waals surface area contributed by atoms with Crippen LogP contribution in [0.25, 0.3) is 0 Å². The molecule has 0 aliphatic heterocycles. The molecule has 17 heavy (non-hydrogen) atoms. The van der Waals surface area contributed by atoms with Crippen molar-refractivity contribution in [2.24, 2.45) is 0 Å². The van der Waals surface area contributed by atoms with Gasteiger partial charge in [0, 0.05) is 4.47 Å². The highest BCUT2D eigenvalue weighted by molar-refractivity contribution is 9.10. The summed E-state index contributed by atoms with van der Waals surface area (Å²) >= 11 is 3.28. The van der Waals surface area contributed by atoms with Crippen molar-refractivity contribution >= 4 is 15.9 Å². The zero-order chi connectivity index (χ0) is 13.3. The van der Waals surface area contributed by atoms with E-state index >= 15 is 0 Å². The van der Waals surface area contributed by atoms with Crippen LogP contribution >= 0.6 is 15.9 Å². The second kappa shape index (κ2) is 4.98. The number of aliphatic hydroxyl groups excluding tert-OH is 1. The lowest BCUT2D eigenvalue weighted by molar-refractivity contribution is -0.208. The highest BCUT2D eigenvalue weighted by Crippen LogP contribution is 2.34. The summed E-state index contributed by atoms with van der Waals surface area (Å²) in [6.45, 7) is 3.37. The molecule has 1 N–H and O–H groups in total. The van der Waals surface area contributed by atoms with E-state index in [1.807, 2.05) is 0 Å². The van der Waals surface area contributed by atoms with Crippen molar-refractivity contribution in [2.45, 2.75) is 38.0 Å². The van der Waals surface area contributed by atoms with Gasteiger partial charge in [0.25, 0.3) is 0 Å². The summed E-state index contributed by atoms with van der Waals surface area (Å²) in [7, 11) is 0. The van der Waals surface area contributed by atoms with Crippen molar-refractivity contribution in [3.8, 4) is 0 Å². The molecule has 0 saturated carbocycles. The lowest BCUT2D eigenvalue weighted by Crippen LogP contribution is -2.35. The number of benzene rings is 1. The maximum Gasteiger partial charge on any atom is 0.414 e. The van der Waals surface area contributed by atoms with Gasteiger partial charge in [-0.3, -0.25) is 0 Å². The van der Waals surface area contributed by atoms with E-state index in [0.29, 0.717) is 0 Å². The molecule has 0 heterocycles. The average Bonchev–Trinajstić information content (AvgIpc) is 2.15. The van der Waals surface area contributed by atoms with E-state index in [9.17, 15) is 13.2 Å². The molecule has 1 nitrogen and oxygen atoms in total.